The Morgan fingerprint density at radius 3 is 2.40 bits per heavy atom. The van der Waals surface area contributed by atoms with Gasteiger partial charge < -0.3 is 19.8 Å². The SMILES string of the molecule is CC(C)C[C@H]1O[C@@H](C)[C@H](O)[C@@H]1OP(=O)(O)OCc1ccc(CO)cc1. The van der Waals surface area contributed by atoms with Crippen LogP contribution >= 0.6 is 7.82 Å². The standard InChI is InChI=1S/C17H27O7P/c1-11(2)8-15-17(16(19)12(3)23-15)24-25(20,21)22-10-14-6-4-13(9-18)5-7-14/h4-7,11-12,15-19H,8-10H2,1-3H3,(H,20,21)/t12-,15+,16-,17+/m0/s1. The second-order valence-corrected chi connectivity index (χ2v) is 8.19. The fraction of sp³-hybridized carbons (Fsp3) is 0.647. The number of rotatable bonds is 8. The molecule has 1 aliphatic heterocycles. The summed E-state index contributed by atoms with van der Waals surface area (Å²) in [7, 11) is -4.36. The zero-order valence-electron chi connectivity index (χ0n) is 14.7. The third-order valence-corrected chi connectivity index (χ3v) is 5.10. The van der Waals surface area contributed by atoms with Gasteiger partial charge in [0.1, 0.15) is 12.2 Å². The molecule has 0 aromatic heterocycles. The molecule has 0 bridgehead atoms. The first-order valence-electron chi connectivity index (χ1n) is 8.39. The highest BCUT2D eigenvalue weighted by Crippen LogP contribution is 2.48. The van der Waals surface area contributed by atoms with E-state index in [4.69, 9.17) is 18.9 Å². The van der Waals surface area contributed by atoms with Crippen LogP contribution in [0.1, 0.15) is 38.3 Å². The zero-order chi connectivity index (χ0) is 18.6. The smallest absolute Gasteiger partial charge is 0.392 e. The molecule has 142 valence electrons. The van der Waals surface area contributed by atoms with Crippen LogP contribution < -0.4 is 0 Å². The molecule has 1 aromatic rings. The van der Waals surface area contributed by atoms with Crippen molar-refractivity contribution in [3.05, 3.63) is 35.4 Å². The van der Waals surface area contributed by atoms with Gasteiger partial charge in [-0.05, 0) is 30.4 Å². The number of phosphoric acid groups is 1. The van der Waals surface area contributed by atoms with Crippen LogP contribution in [0.25, 0.3) is 0 Å². The molecule has 5 atom stereocenters. The van der Waals surface area contributed by atoms with Crippen molar-refractivity contribution in [1.29, 1.82) is 0 Å². The van der Waals surface area contributed by atoms with Crippen molar-refractivity contribution in [2.75, 3.05) is 0 Å². The van der Waals surface area contributed by atoms with Gasteiger partial charge in [-0.1, -0.05) is 38.1 Å². The Kier molecular flexibility index (Phi) is 7.17. The molecule has 1 aromatic carbocycles. The van der Waals surface area contributed by atoms with Crippen LogP contribution in [0, 0.1) is 5.92 Å². The van der Waals surface area contributed by atoms with Crippen LogP contribution in [-0.2, 0) is 31.6 Å². The summed E-state index contributed by atoms with van der Waals surface area (Å²) in [5.41, 5.74) is 1.41. The Labute approximate surface area is 148 Å². The number of phosphoric ester groups is 1. The van der Waals surface area contributed by atoms with Crippen LogP contribution in [0.15, 0.2) is 24.3 Å². The van der Waals surface area contributed by atoms with Gasteiger partial charge in [0.15, 0.2) is 0 Å². The lowest BCUT2D eigenvalue weighted by molar-refractivity contribution is -0.00124. The van der Waals surface area contributed by atoms with Crippen LogP contribution in [0.4, 0.5) is 0 Å². The maximum absolute atomic E-state index is 12.3. The third-order valence-electron chi connectivity index (χ3n) is 4.13. The number of hydrogen-bond donors (Lipinski definition) is 3. The Bertz CT molecular complexity index is 587. The molecule has 7 nitrogen and oxygen atoms in total. The molecule has 8 heteroatoms. The minimum atomic E-state index is -4.36. The summed E-state index contributed by atoms with van der Waals surface area (Å²) >= 11 is 0. The summed E-state index contributed by atoms with van der Waals surface area (Å²) in [6.07, 6.45) is -2.23. The molecule has 0 amide bonds. The average molecular weight is 374 g/mol. The summed E-state index contributed by atoms with van der Waals surface area (Å²) in [6, 6.07) is 6.80. The number of aliphatic hydroxyl groups is 2. The van der Waals surface area contributed by atoms with E-state index in [1.54, 1.807) is 31.2 Å². The summed E-state index contributed by atoms with van der Waals surface area (Å²) < 4.78 is 28.2. The molecule has 1 saturated heterocycles. The monoisotopic (exact) mass is 374 g/mol. The predicted octanol–water partition coefficient (Wildman–Crippen LogP) is 2.38. The van der Waals surface area contributed by atoms with Crippen molar-refractivity contribution < 1.29 is 33.5 Å². The van der Waals surface area contributed by atoms with Gasteiger partial charge in [-0.25, -0.2) is 4.57 Å². The maximum Gasteiger partial charge on any atom is 0.472 e. The molecular formula is C17H27O7P. The molecular weight excluding hydrogens is 347 g/mol. The molecule has 25 heavy (non-hydrogen) atoms. The first-order valence-corrected chi connectivity index (χ1v) is 9.89. The van der Waals surface area contributed by atoms with Crippen molar-refractivity contribution >= 4 is 7.82 Å². The van der Waals surface area contributed by atoms with Crippen LogP contribution in [0.5, 0.6) is 0 Å². The molecule has 0 spiro atoms. The topological polar surface area (TPSA) is 105 Å². The fourth-order valence-corrected chi connectivity index (χ4v) is 3.73. The minimum absolute atomic E-state index is 0.0717. The first kappa shape index (κ1) is 20.5. The minimum Gasteiger partial charge on any atom is -0.392 e. The van der Waals surface area contributed by atoms with Gasteiger partial charge in [-0.3, -0.25) is 9.05 Å². The molecule has 1 heterocycles. The number of benzene rings is 1. The van der Waals surface area contributed by atoms with Gasteiger partial charge in [0.25, 0.3) is 0 Å². The quantitative estimate of drug-likeness (QED) is 0.600. The fourth-order valence-electron chi connectivity index (χ4n) is 2.79. The molecule has 1 aliphatic rings. The van der Waals surface area contributed by atoms with E-state index in [1.807, 2.05) is 13.8 Å². The van der Waals surface area contributed by atoms with E-state index in [9.17, 15) is 14.6 Å². The van der Waals surface area contributed by atoms with Gasteiger partial charge in [0.2, 0.25) is 0 Å². The summed E-state index contributed by atoms with van der Waals surface area (Å²) in [5, 5.41) is 19.2. The van der Waals surface area contributed by atoms with Crippen LogP contribution in [0.3, 0.4) is 0 Å². The normalized spacial score (nSPS) is 29.1. The first-order chi connectivity index (χ1) is 11.7. The Balaban J connectivity index is 1.96. The zero-order valence-corrected chi connectivity index (χ0v) is 15.6. The molecule has 0 aliphatic carbocycles. The van der Waals surface area contributed by atoms with Gasteiger partial charge in [0.05, 0.1) is 25.4 Å². The number of ether oxygens (including phenoxy) is 1. The third kappa shape index (κ3) is 5.86. The Morgan fingerprint density at radius 1 is 1.24 bits per heavy atom. The highest BCUT2D eigenvalue weighted by Gasteiger charge is 2.46. The Hall–Kier alpha value is -0.790. The molecule has 0 saturated carbocycles. The Morgan fingerprint density at radius 2 is 1.84 bits per heavy atom. The lowest BCUT2D eigenvalue weighted by Crippen LogP contribution is -2.34. The van der Waals surface area contributed by atoms with E-state index in [1.165, 1.54) is 0 Å². The van der Waals surface area contributed by atoms with E-state index >= 15 is 0 Å². The predicted molar refractivity (Wildman–Crippen MR) is 91.6 cm³/mol. The van der Waals surface area contributed by atoms with E-state index < -0.39 is 32.2 Å². The van der Waals surface area contributed by atoms with Crippen molar-refractivity contribution in [2.45, 2.75) is 64.8 Å². The highest BCUT2D eigenvalue weighted by atomic mass is 31.2. The summed E-state index contributed by atoms with van der Waals surface area (Å²) in [5.74, 6) is 0.289. The van der Waals surface area contributed by atoms with Crippen molar-refractivity contribution in [2.24, 2.45) is 5.92 Å². The van der Waals surface area contributed by atoms with Crippen molar-refractivity contribution in [1.82, 2.24) is 0 Å². The number of hydrogen-bond acceptors (Lipinski definition) is 6. The second-order valence-electron chi connectivity index (χ2n) is 6.79. The maximum atomic E-state index is 12.3. The van der Waals surface area contributed by atoms with E-state index in [0.29, 0.717) is 12.0 Å². The lowest BCUT2D eigenvalue weighted by Gasteiger charge is -2.24. The van der Waals surface area contributed by atoms with Gasteiger partial charge >= 0.3 is 7.82 Å². The van der Waals surface area contributed by atoms with E-state index in [-0.39, 0.29) is 19.1 Å². The average Bonchev–Trinajstić information content (AvgIpc) is 2.80. The van der Waals surface area contributed by atoms with Crippen LogP contribution in [-0.4, -0.2) is 39.5 Å². The largest absolute Gasteiger partial charge is 0.472 e. The van der Waals surface area contributed by atoms with Gasteiger partial charge in [-0.2, -0.15) is 0 Å². The molecule has 0 radical (unpaired) electrons. The van der Waals surface area contributed by atoms with Gasteiger partial charge in [-0.15, -0.1) is 0 Å². The molecule has 3 N–H and O–H groups in total. The van der Waals surface area contributed by atoms with E-state index in [0.717, 1.165) is 5.56 Å². The van der Waals surface area contributed by atoms with E-state index in [2.05, 4.69) is 0 Å². The lowest BCUT2D eigenvalue weighted by atomic mass is 10.00. The highest BCUT2D eigenvalue weighted by molar-refractivity contribution is 7.47. The van der Waals surface area contributed by atoms with Crippen molar-refractivity contribution in [3.63, 3.8) is 0 Å². The summed E-state index contributed by atoms with van der Waals surface area (Å²) in [4.78, 5) is 10.00. The summed E-state index contributed by atoms with van der Waals surface area (Å²) in [6.45, 7) is 5.51. The van der Waals surface area contributed by atoms with Crippen LogP contribution in [0.2, 0.25) is 0 Å². The van der Waals surface area contributed by atoms with Gasteiger partial charge in [0, 0.05) is 0 Å². The second kappa shape index (κ2) is 8.73. The molecule has 1 fully saturated rings. The number of aliphatic hydroxyl groups excluding tert-OH is 2. The van der Waals surface area contributed by atoms with Crippen molar-refractivity contribution in [3.8, 4) is 0 Å². The molecule has 2 rings (SSSR count). The molecule has 1 unspecified atom stereocenters.